The van der Waals surface area contributed by atoms with Gasteiger partial charge in [0.2, 0.25) is 5.91 Å². The van der Waals surface area contributed by atoms with Crippen LogP contribution in [-0.2, 0) is 16.8 Å². The number of hydrogen-bond donors (Lipinski definition) is 2. The highest BCUT2D eigenvalue weighted by Gasteiger charge is 2.26. The first kappa shape index (κ1) is 29.5. The van der Waals surface area contributed by atoms with Gasteiger partial charge in [-0.25, -0.2) is 0 Å². The third-order valence-electron chi connectivity index (χ3n) is 5.73. The molecule has 0 saturated heterocycles. The number of carbonyl (C=O) groups is 1. The first-order chi connectivity index (χ1) is 16.7. The number of halogens is 2. The molecule has 0 radical (unpaired) electrons. The molecule has 0 aliphatic rings. The molecule has 3 N–H and O–H groups in total. The van der Waals surface area contributed by atoms with E-state index in [0.29, 0.717) is 41.2 Å². The van der Waals surface area contributed by atoms with E-state index in [0.717, 1.165) is 16.7 Å². The molecule has 5 nitrogen and oxygen atoms in total. The lowest BCUT2D eigenvalue weighted by molar-refractivity contribution is -0.126. The van der Waals surface area contributed by atoms with Crippen molar-refractivity contribution in [2.75, 3.05) is 19.8 Å². The molecule has 36 heavy (non-hydrogen) atoms. The first-order valence-electron chi connectivity index (χ1n) is 11.6. The predicted octanol–water partition coefficient (Wildman–Crippen LogP) is 6.56. The van der Waals surface area contributed by atoms with Gasteiger partial charge in [-0.15, -0.1) is 0 Å². The zero-order chi connectivity index (χ0) is 25.4. The molecule has 1 atom stereocenters. The van der Waals surface area contributed by atoms with Gasteiger partial charge in [-0.1, -0.05) is 73.1 Å². The van der Waals surface area contributed by atoms with Gasteiger partial charge >= 0.3 is 0 Å². The second kappa shape index (κ2) is 13.5. The zero-order valence-corrected chi connectivity index (χ0v) is 21.8. The van der Waals surface area contributed by atoms with E-state index in [9.17, 15) is 4.79 Å². The van der Waals surface area contributed by atoms with E-state index >= 15 is 0 Å². The summed E-state index contributed by atoms with van der Waals surface area (Å²) in [7, 11) is 0. The molecule has 3 rings (SSSR count). The number of aryl methyl sites for hydroxylation is 1. The Morgan fingerprint density at radius 1 is 0.972 bits per heavy atom. The molecule has 3 aromatic carbocycles. The van der Waals surface area contributed by atoms with E-state index in [1.54, 1.807) is 12.1 Å². The van der Waals surface area contributed by atoms with E-state index < -0.39 is 5.54 Å². The molecule has 3 aromatic rings. The van der Waals surface area contributed by atoms with Crippen molar-refractivity contribution in [3.63, 3.8) is 0 Å². The fourth-order valence-corrected chi connectivity index (χ4v) is 4.46. The van der Waals surface area contributed by atoms with Gasteiger partial charge in [-0.05, 0) is 68.1 Å². The second-order valence-electron chi connectivity index (χ2n) is 9.02. The number of ether oxygens (including phenoxy) is 2. The van der Waals surface area contributed by atoms with Crippen molar-refractivity contribution < 1.29 is 14.3 Å². The van der Waals surface area contributed by atoms with Crippen LogP contribution in [0.3, 0.4) is 0 Å². The fraction of sp³-hybridized carbons (Fsp3) is 0.345. The van der Waals surface area contributed by atoms with Crippen molar-refractivity contribution in [2.24, 2.45) is 11.7 Å². The third kappa shape index (κ3) is 8.16. The lowest BCUT2D eigenvalue weighted by Crippen LogP contribution is -2.46. The molecular formula is C29H36Cl2N2O3. The number of benzene rings is 3. The number of nitrogens with one attached hydrogen (secondary N) is 1. The normalized spacial score (nSPS) is 11.8. The lowest BCUT2D eigenvalue weighted by Gasteiger charge is -2.29. The summed E-state index contributed by atoms with van der Waals surface area (Å²) in [6.45, 7) is 6.80. The minimum absolute atomic E-state index is 0. The van der Waals surface area contributed by atoms with Crippen LogP contribution in [0.25, 0.3) is 0 Å². The summed E-state index contributed by atoms with van der Waals surface area (Å²) in [4.78, 5) is 12.9. The maximum Gasteiger partial charge on any atom is 0.225 e. The van der Waals surface area contributed by atoms with Crippen molar-refractivity contribution in [1.29, 1.82) is 0 Å². The Kier molecular flexibility index (Phi) is 11.1. The molecule has 1 amide bonds. The summed E-state index contributed by atoms with van der Waals surface area (Å²) in [6.07, 6.45) is 0.543. The number of hydrogen-bond acceptors (Lipinski definition) is 4. The highest BCUT2D eigenvalue weighted by molar-refractivity contribution is 6.37. The van der Waals surface area contributed by atoms with Crippen molar-refractivity contribution in [3.8, 4) is 11.5 Å². The van der Waals surface area contributed by atoms with Crippen LogP contribution in [0.4, 0.5) is 0 Å². The number of carbonyl (C=O) groups excluding carboxylic acids is 1. The van der Waals surface area contributed by atoms with Gasteiger partial charge in [0.05, 0.1) is 21.5 Å². The summed E-state index contributed by atoms with van der Waals surface area (Å²) in [5.74, 6) is 0.770. The topological polar surface area (TPSA) is 73.6 Å². The van der Waals surface area contributed by atoms with Crippen LogP contribution in [-0.4, -0.2) is 25.7 Å². The summed E-state index contributed by atoms with van der Waals surface area (Å²) in [6, 6.07) is 21.2. The Morgan fingerprint density at radius 3 is 2.14 bits per heavy atom. The second-order valence-corrected chi connectivity index (χ2v) is 9.83. The van der Waals surface area contributed by atoms with Gasteiger partial charge in [0, 0.05) is 6.54 Å². The molecule has 0 spiro atoms. The van der Waals surface area contributed by atoms with E-state index in [-0.39, 0.29) is 25.8 Å². The monoisotopic (exact) mass is 530 g/mol. The smallest absolute Gasteiger partial charge is 0.225 e. The Morgan fingerprint density at radius 2 is 1.56 bits per heavy atom. The molecule has 0 aromatic heterocycles. The van der Waals surface area contributed by atoms with Gasteiger partial charge in [0.1, 0.15) is 19.0 Å². The Bertz CT molecular complexity index is 1100. The van der Waals surface area contributed by atoms with Crippen molar-refractivity contribution in [2.45, 2.75) is 40.2 Å². The molecule has 0 fully saturated rings. The lowest BCUT2D eigenvalue weighted by atomic mass is 9.92. The molecule has 0 saturated carbocycles. The summed E-state index contributed by atoms with van der Waals surface area (Å²) < 4.78 is 11.5. The zero-order valence-electron chi connectivity index (χ0n) is 20.3. The standard InChI is InChI=1S/C28H32Cl2N2O3.CH4/c1-19-15-24(29)26(25(30)16-19)35-14-13-34-23-11-9-20(10-12-23)17-21(18-31)27(33)32-28(2,3)22-7-5-4-6-8-22;/h4-12,15-16,21H,13-14,17-18,31H2,1-3H3,(H,32,33);1H4. The predicted molar refractivity (Wildman–Crippen MR) is 149 cm³/mol. The van der Waals surface area contributed by atoms with Crippen LogP contribution < -0.4 is 20.5 Å². The molecular weight excluding hydrogens is 495 g/mol. The number of nitrogens with two attached hydrogens (primary N) is 1. The Hall–Kier alpha value is -2.73. The first-order valence-corrected chi connectivity index (χ1v) is 12.3. The molecule has 0 bridgehead atoms. The van der Waals surface area contributed by atoms with E-state index in [2.05, 4.69) is 5.32 Å². The summed E-state index contributed by atoms with van der Waals surface area (Å²) in [5, 5.41) is 4.09. The van der Waals surface area contributed by atoms with Gasteiger partial charge in [-0.2, -0.15) is 0 Å². The van der Waals surface area contributed by atoms with Crippen molar-refractivity contribution in [3.05, 3.63) is 93.5 Å². The SMILES string of the molecule is C.Cc1cc(Cl)c(OCCOc2ccc(CC(CN)C(=O)NC(C)(C)c3ccccc3)cc2)c(Cl)c1. The van der Waals surface area contributed by atoms with Gasteiger partial charge in [0.25, 0.3) is 0 Å². The molecule has 0 aliphatic heterocycles. The maximum atomic E-state index is 12.9. The Balaban J connectivity index is 0.00000456. The molecule has 1 unspecified atom stereocenters. The molecule has 194 valence electrons. The molecule has 0 heterocycles. The summed E-state index contributed by atoms with van der Waals surface area (Å²) in [5.41, 5.74) is 8.48. The molecule has 7 heteroatoms. The molecule has 0 aliphatic carbocycles. The van der Waals surface area contributed by atoms with Crippen molar-refractivity contribution in [1.82, 2.24) is 5.32 Å². The highest BCUT2D eigenvalue weighted by atomic mass is 35.5. The number of rotatable bonds is 11. The average Bonchev–Trinajstić information content (AvgIpc) is 2.82. The van der Waals surface area contributed by atoms with Crippen LogP contribution in [0.1, 0.15) is 38.0 Å². The Labute approximate surface area is 224 Å². The van der Waals surface area contributed by atoms with Crippen LogP contribution in [0.15, 0.2) is 66.7 Å². The van der Waals surface area contributed by atoms with E-state index in [1.807, 2.05) is 75.4 Å². The van der Waals surface area contributed by atoms with Gasteiger partial charge < -0.3 is 20.5 Å². The average molecular weight is 532 g/mol. The van der Waals surface area contributed by atoms with Crippen LogP contribution in [0.5, 0.6) is 11.5 Å². The number of amides is 1. The quantitative estimate of drug-likeness (QED) is 0.275. The van der Waals surface area contributed by atoms with Crippen molar-refractivity contribution >= 4 is 29.1 Å². The third-order valence-corrected chi connectivity index (χ3v) is 6.29. The minimum atomic E-state index is -0.488. The largest absolute Gasteiger partial charge is 0.490 e. The van der Waals surface area contributed by atoms with Crippen LogP contribution >= 0.6 is 23.2 Å². The fourth-order valence-electron chi connectivity index (χ4n) is 3.75. The van der Waals surface area contributed by atoms with Gasteiger partial charge in [0.15, 0.2) is 5.75 Å². The van der Waals surface area contributed by atoms with E-state index in [1.165, 1.54) is 0 Å². The summed E-state index contributed by atoms with van der Waals surface area (Å²) >= 11 is 12.4. The van der Waals surface area contributed by atoms with Crippen LogP contribution in [0.2, 0.25) is 10.0 Å². The van der Waals surface area contributed by atoms with Gasteiger partial charge in [-0.3, -0.25) is 4.79 Å². The van der Waals surface area contributed by atoms with E-state index in [4.69, 9.17) is 38.4 Å². The minimum Gasteiger partial charge on any atom is -0.490 e. The maximum absolute atomic E-state index is 12.9. The van der Waals surface area contributed by atoms with Crippen LogP contribution in [0, 0.1) is 12.8 Å². The highest BCUT2D eigenvalue weighted by Crippen LogP contribution is 2.34.